The van der Waals surface area contributed by atoms with Crippen LogP contribution in [-0.4, -0.2) is 38.5 Å². The second-order valence-electron chi connectivity index (χ2n) is 6.35. The van der Waals surface area contributed by atoms with Gasteiger partial charge in [0.2, 0.25) is 0 Å². The van der Waals surface area contributed by atoms with Crippen LogP contribution in [0.5, 0.6) is 0 Å². The molecule has 1 atom stereocenters. The van der Waals surface area contributed by atoms with Crippen LogP contribution in [0.1, 0.15) is 36.3 Å². The number of aryl methyl sites for hydroxylation is 1. The average Bonchev–Trinajstić information content (AvgIpc) is 2.88. The van der Waals surface area contributed by atoms with Crippen LogP contribution in [0.2, 0.25) is 0 Å². The van der Waals surface area contributed by atoms with Crippen LogP contribution in [0, 0.1) is 6.92 Å². The molecule has 1 aromatic carbocycles. The molecule has 20 heavy (non-hydrogen) atoms. The molecule has 110 valence electrons. The van der Waals surface area contributed by atoms with Crippen molar-refractivity contribution < 1.29 is 9.47 Å². The number of benzene rings is 1. The van der Waals surface area contributed by atoms with E-state index in [0.29, 0.717) is 6.04 Å². The molecule has 2 fully saturated rings. The van der Waals surface area contributed by atoms with Gasteiger partial charge in [-0.25, -0.2) is 0 Å². The largest absolute Gasteiger partial charge is 0.378 e. The van der Waals surface area contributed by atoms with E-state index in [2.05, 4.69) is 36.5 Å². The maximum Gasteiger partial charge on any atom is 0.106 e. The Morgan fingerprint density at radius 3 is 2.65 bits per heavy atom. The van der Waals surface area contributed by atoms with Crippen molar-refractivity contribution in [1.82, 2.24) is 5.32 Å². The van der Waals surface area contributed by atoms with Crippen molar-refractivity contribution in [3.63, 3.8) is 0 Å². The number of ether oxygens (including phenoxy) is 2. The third-order valence-corrected chi connectivity index (χ3v) is 4.90. The normalized spacial score (nSPS) is 33.1. The quantitative estimate of drug-likeness (QED) is 0.896. The number of rotatable bonds is 5. The van der Waals surface area contributed by atoms with Gasteiger partial charge in [0.15, 0.2) is 0 Å². The number of nitrogens with one attached hydrogen (secondary N) is 1. The van der Waals surface area contributed by atoms with Crippen LogP contribution < -0.4 is 5.32 Å². The molecule has 1 aliphatic heterocycles. The van der Waals surface area contributed by atoms with Crippen molar-refractivity contribution in [2.45, 2.75) is 43.7 Å². The summed E-state index contributed by atoms with van der Waals surface area (Å²) in [7, 11) is 1.80. The van der Waals surface area contributed by atoms with Gasteiger partial charge in [-0.3, -0.25) is 0 Å². The molecule has 0 amide bonds. The van der Waals surface area contributed by atoms with Gasteiger partial charge >= 0.3 is 0 Å². The minimum atomic E-state index is -0.0883. The second-order valence-corrected chi connectivity index (χ2v) is 6.35. The monoisotopic (exact) mass is 275 g/mol. The highest BCUT2D eigenvalue weighted by Crippen LogP contribution is 2.37. The van der Waals surface area contributed by atoms with Gasteiger partial charge in [0, 0.05) is 32.7 Å². The van der Waals surface area contributed by atoms with Crippen LogP contribution in [0.4, 0.5) is 0 Å². The first-order valence-corrected chi connectivity index (χ1v) is 7.64. The molecular formula is C17H25NO2. The molecule has 1 heterocycles. The fourth-order valence-electron chi connectivity index (χ4n) is 3.19. The van der Waals surface area contributed by atoms with Crippen LogP contribution >= 0.6 is 0 Å². The van der Waals surface area contributed by atoms with E-state index in [1.165, 1.54) is 24.0 Å². The third-order valence-electron chi connectivity index (χ3n) is 4.90. The maximum absolute atomic E-state index is 5.65. The Balaban J connectivity index is 1.45. The summed E-state index contributed by atoms with van der Waals surface area (Å²) in [6.07, 6.45) is 3.48. The molecule has 0 bridgehead atoms. The lowest BCUT2D eigenvalue weighted by molar-refractivity contribution is -0.0196. The predicted molar refractivity (Wildman–Crippen MR) is 80.1 cm³/mol. The lowest BCUT2D eigenvalue weighted by Gasteiger charge is -2.38. The van der Waals surface area contributed by atoms with Gasteiger partial charge in [0.1, 0.15) is 5.60 Å². The van der Waals surface area contributed by atoms with Gasteiger partial charge in [-0.15, -0.1) is 0 Å². The Bertz CT molecular complexity index is 431. The smallest absolute Gasteiger partial charge is 0.106 e. The van der Waals surface area contributed by atoms with E-state index in [4.69, 9.17) is 9.47 Å². The van der Waals surface area contributed by atoms with Crippen LogP contribution in [-0.2, 0) is 9.47 Å². The van der Waals surface area contributed by atoms with E-state index in [9.17, 15) is 0 Å². The summed E-state index contributed by atoms with van der Waals surface area (Å²) in [5.41, 5.74) is 2.74. The van der Waals surface area contributed by atoms with E-state index in [0.717, 1.165) is 32.1 Å². The van der Waals surface area contributed by atoms with Crippen molar-refractivity contribution in [3.05, 3.63) is 35.4 Å². The van der Waals surface area contributed by atoms with Gasteiger partial charge < -0.3 is 14.8 Å². The molecule has 1 aromatic rings. The van der Waals surface area contributed by atoms with Crippen molar-refractivity contribution in [1.29, 1.82) is 0 Å². The highest BCUT2D eigenvalue weighted by molar-refractivity contribution is 5.26. The van der Waals surface area contributed by atoms with Gasteiger partial charge in [-0.1, -0.05) is 29.8 Å². The molecule has 1 unspecified atom stereocenters. The molecular weight excluding hydrogens is 250 g/mol. The van der Waals surface area contributed by atoms with Crippen molar-refractivity contribution in [2.24, 2.45) is 0 Å². The molecule has 0 radical (unpaired) electrons. The van der Waals surface area contributed by atoms with Crippen molar-refractivity contribution in [3.8, 4) is 0 Å². The number of hydrogen-bond donors (Lipinski definition) is 1. The Morgan fingerprint density at radius 2 is 2.05 bits per heavy atom. The van der Waals surface area contributed by atoms with Gasteiger partial charge in [0.05, 0.1) is 6.61 Å². The van der Waals surface area contributed by atoms with E-state index in [-0.39, 0.29) is 5.60 Å². The third kappa shape index (κ3) is 2.90. The second kappa shape index (κ2) is 5.84. The van der Waals surface area contributed by atoms with E-state index >= 15 is 0 Å². The summed E-state index contributed by atoms with van der Waals surface area (Å²) in [5, 5.41) is 3.66. The average molecular weight is 275 g/mol. The SMILES string of the molecule is COC1(CNC2CC(c3ccc(C)cc3)C2)CCOC1. The summed E-state index contributed by atoms with van der Waals surface area (Å²) in [6.45, 7) is 4.61. The Morgan fingerprint density at radius 1 is 1.30 bits per heavy atom. The summed E-state index contributed by atoms with van der Waals surface area (Å²) < 4.78 is 11.1. The summed E-state index contributed by atoms with van der Waals surface area (Å²) in [6, 6.07) is 9.61. The van der Waals surface area contributed by atoms with Gasteiger partial charge in [-0.2, -0.15) is 0 Å². The van der Waals surface area contributed by atoms with Crippen molar-refractivity contribution >= 4 is 0 Å². The van der Waals surface area contributed by atoms with Gasteiger partial charge in [-0.05, 0) is 31.2 Å². The Kier molecular flexibility index (Phi) is 4.11. The fourth-order valence-corrected chi connectivity index (χ4v) is 3.19. The Labute approximate surface area is 121 Å². The molecule has 3 nitrogen and oxygen atoms in total. The molecule has 3 heteroatoms. The first-order chi connectivity index (χ1) is 9.71. The van der Waals surface area contributed by atoms with Crippen LogP contribution in [0.3, 0.4) is 0 Å². The molecule has 1 N–H and O–H groups in total. The molecule has 3 rings (SSSR count). The summed E-state index contributed by atoms with van der Waals surface area (Å²) >= 11 is 0. The van der Waals surface area contributed by atoms with Crippen LogP contribution in [0.15, 0.2) is 24.3 Å². The molecule has 0 aromatic heterocycles. The molecule has 1 aliphatic carbocycles. The first-order valence-electron chi connectivity index (χ1n) is 7.64. The van der Waals surface area contributed by atoms with E-state index in [1.807, 2.05) is 0 Å². The zero-order chi connectivity index (χ0) is 14.0. The highest BCUT2D eigenvalue weighted by Gasteiger charge is 2.37. The van der Waals surface area contributed by atoms with Crippen molar-refractivity contribution in [2.75, 3.05) is 26.9 Å². The first kappa shape index (κ1) is 14.1. The van der Waals surface area contributed by atoms with Crippen LogP contribution in [0.25, 0.3) is 0 Å². The zero-order valence-electron chi connectivity index (χ0n) is 12.5. The standard InChI is InChI=1S/C17H25NO2/c1-13-3-5-14(6-4-13)15-9-16(10-15)18-11-17(19-2)7-8-20-12-17/h3-6,15-16,18H,7-12H2,1-2H3. The van der Waals surface area contributed by atoms with E-state index < -0.39 is 0 Å². The Hall–Kier alpha value is -0.900. The van der Waals surface area contributed by atoms with Gasteiger partial charge in [0.25, 0.3) is 0 Å². The topological polar surface area (TPSA) is 30.5 Å². The number of hydrogen-bond acceptors (Lipinski definition) is 3. The minimum absolute atomic E-state index is 0.0883. The zero-order valence-corrected chi connectivity index (χ0v) is 12.5. The highest BCUT2D eigenvalue weighted by atomic mass is 16.5. The molecule has 1 saturated heterocycles. The minimum Gasteiger partial charge on any atom is -0.378 e. The maximum atomic E-state index is 5.65. The predicted octanol–water partition coefficient (Wildman–Crippen LogP) is 2.64. The summed E-state index contributed by atoms with van der Waals surface area (Å²) in [4.78, 5) is 0. The molecule has 1 saturated carbocycles. The fraction of sp³-hybridized carbons (Fsp3) is 0.647. The molecule has 2 aliphatic rings. The summed E-state index contributed by atoms with van der Waals surface area (Å²) in [5.74, 6) is 0.728. The van der Waals surface area contributed by atoms with E-state index in [1.54, 1.807) is 7.11 Å². The lowest BCUT2D eigenvalue weighted by Crippen LogP contribution is -2.49. The number of methoxy groups -OCH3 is 1. The lowest BCUT2D eigenvalue weighted by atomic mass is 9.75. The molecule has 0 spiro atoms.